The third-order valence-electron chi connectivity index (χ3n) is 6.64. The standard InChI is InChI=1S/C39H52N4O12/c1-36(2,3)52-28(44)21-26(32(47)53-37(4,5)6)41-30(45)25-14-13-15-27-29(25)50-19-18-22-20-23(16-17-24(22)31(46)51-27)40-33(42-34(48)54-38(7,8)9)43-35(49)55-39(10,11)12/h13-17,20,26H,18-19,21H2,1-12H3,(H,41,45)(H2,40,42,43,48,49). The van der Waals surface area contributed by atoms with Gasteiger partial charge in [0.15, 0.2) is 11.5 Å². The van der Waals surface area contributed by atoms with Gasteiger partial charge in [-0.15, -0.1) is 4.99 Å². The van der Waals surface area contributed by atoms with E-state index in [4.69, 9.17) is 28.4 Å². The van der Waals surface area contributed by atoms with E-state index in [9.17, 15) is 28.8 Å². The van der Waals surface area contributed by atoms with Gasteiger partial charge in [-0.2, -0.15) is 0 Å². The van der Waals surface area contributed by atoms with Gasteiger partial charge in [-0.3, -0.25) is 14.9 Å². The van der Waals surface area contributed by atoms with Gasteiger partial charge in [-0.1, -0.05) is 6.07 Å². The Morgan fingerprint density at radius 3 is 2.02 bits per heavy atom. The number of hydrogen-bond acceptors (Lipinski definition) is 12. The topological polar surface area (TPSA) is 206 Å². The van der Waals surface area contributed by atoms with Crippen LogP contribution in [0.25, 0.3) is 0 Å². The van der Waals surface area contributed by atoms with E-state index >= 15 is 0 Å². The molecule has 55 heavy (non-hydrogen) atoms. The van der Waals surface area contributed by atoms with Crippen molar-refractivity contribution in [1.82, 2.24) is 10.6 Å². The maximum absolute atomic E-state index is 13.7. The van der Waals surface area contributed by atoms with Gasteiger partial charge in [-0.25, -0.2) is 19.2 Å². The minimum Gasteiger partial charge on any atom is -0.488 e. The van der Waals surface area contributed by atoms with Crippen molar-refractivity contribution in [3.63, 3.8) is 0 Å². The zero-order chi connectivity index (χ0) is 41.5. The molecule has 16 nitrogen and oxygen atoms in total. The number of para-hydroxylation sites is 1. The van der Waals surface area contributed by atoms with Crippen LogP contribution in [0.15, 0.2) is 41.4 Å². The lowest BCUT2D eigenvalue weighted by Gasteiger charge is -2.26. The lowest BCUT2D eigenvalue weighted by molar-refractivity contribution is -0.164. The molecule has 0 aliphatic carbocycles. The van der Waals surface area contributed by atoms with Crippen LogP contribution in [0.3, 0.4) is 0 Å². The highest BCUT2D eigenvalue weighted by atomic mass is 16.6. The van der Waals surface area contributed by atoms with Crippen LogP contribution in [0, 0.1) is 0 Å². The Balaban J connectivity index is 1.89. The van der Waals surface area contributed by atoms with Crippen molar-refractivity contribution in [3.05, 3.63) is 53.1 Å². The summed E-state index contributed by atoms with van der Waals surface area (Å²) in [6, 6.07) is 7.47. The number of esters is 3. The average molecular weight is 769 g/mol. The van der Waals surface area contributed by atoms with Gasteiger partial charge < -0.3 is 39.1 Å². The summed E-state index contributed by atoms with van der Waals surface area (Å²) in [7, 11) is 0. The molecule has 1 heterocycles. The van der Waals surface area contributed by atoms with Crippen LogP contribution < -0.4 is 25.4 Å². The normalized spacial score (nSPS) is 14.1. The Hall–Kier alpha value is -5.67. The van der Waals surface area contributed by atoms with Crippen LogP contribution in [0.2, 0.25) is 0 Å². The summed E-state index contributed by atoms with van der Waals surface area (Å²) in [6.07, 6.45) is -2.24. The number of anilines is 1. The molecule has 0 aromatic heterocycles. The summed E-state index contributed by atoms with van der Waals surface area (Å²) in [5.74, 6) is -3.60. The summed E-state index contributed by atoms with van der Waals surface area (Å²) < 4.78 is 33.2. The number of ether oxygens (including phenoxy) is 6. The van der Waals surface area contributed by atoms with Gasteiger partial charge in [-0.05, 0) is 119 Å². The highest BCUT2D eigenvalue weighted by Gasteiger charge is 2.33. The maximum Gasteiger partial charge on any atom is 0.437 e. The quantitative estimate of drug-likeness (QED) is 0.0980. The van der Waals surface area contributed by atoms with E-state index in [1.165, 1.54) is 30.3 Å². The Kier molecular flexibility index (Phi) is 13.7. The second-order valence-corrected chi connectivity index (χ2v) is 16.5. The van der Waals surface area contributed by atoms with Gasteiger partial charge >= 0.3 is 30.1 Å². The molecular weight excluding hydrogens is 716 g/mol. The number of aliphatic imine (C=N–C) groups is 1. The molecule has 2 aromatic carbocycles. The second kappa shape index (κ2) is 17.2. The van der Waals surface area contributed by atoms with Crippen LogP contribution in [0.1, 0.15) is 116 Å². The second-order valence-electron chi connectivity index (χ2n) is 16.5. The van der Waals surface area contributed by atoms with Crippen molar-refractivity contribution in [2.75, 3.05) is 11.9 Å². The van der Waals surface area contributed by atoms with Gasteiger partial charge in [0.1, 0.15) is 28.4 Å². The fourth-order valence-electron chi connectivity index (χ4n) is 4.77. The molecule has 0 spiro atoms. The molecule has 0 bridgehead atoms. The van der Waals surface area contributed by atoms with Crippen LogP contribution in [-0.2, 0) is 35.0 Å². The van der Waals surface area contributed by atoms with Gasteiger partial charge in [0.25, 0.3) is 5.91 Å². The molecule has 1 aliphatic rings. The van der Waals surface area contributed by atoms with Gasteiger partial charge in [0.2, 0.25) is 5.96 Å². The zero-order valence-electron chi connectivity index (χ0n) is 33.5. The molecule has 1 atom stereocenters. The van der Waals surface area contributed by atoms with E-state index in [0.717, 1.165) is 0 Å². The summed E-state index contributed by atoms with van der Waals surface area (Å²) in [5.41, 5.74) is -2.61. The first kappa shape index (κ1) is 43.7. The summed E-state index contributed by atoms with van der Waals surface area (Å²) in [4.78, 5) is 82.1. The SMILES string of the molecule is CC(C)(C)OC(=O)CC(NC(=O)c1cccc2c1OCCc1cc(NC(=NC(=O)OC(C)(C)C)NC(=O)OC(C)(C)C)ccc1C(=O)O2)C(=O)OC(C)(C)C. The minimum atomic E-state index is -1.42. The lowest BCUT2D eigenvalue weighted by atomic mass is 10.0. The van der Waals surface area contributed by atoms with Crippen LogP contribution in [0.5, 0.6) is 11.5 Å². The molecule has 3 N–H and O–H groups in total. The lowest BCUT2D eigenvalue weighted by Crippen LogP contribution is -2.46. The maximum atomic E-state index is 13.7. The molecule has 0 radical (unpaired) electrons. The summed E-state index contributed by atoms with van der Waals surface area (Å²) in [5, 5.41) is 7.82. The predicted molar refractivity (Wildman–Crippen MR) is 201 cm³/mol. The van der Waals surface area contributed by atoms with Crippen molar-refractivity contribution in [3.8, 4) is 11.5 Å². The number of carbonyl (C=O) groups excluding carboxylic acids is 6. The fraction of sp³-hybridized carbons (Fsp3) is 0.513. The Morgan fingerprint density at radius 2 is 1.42 bits per heavy atom. The van der Waals surface area contributed by atoms with E-state index in [1.54, 1.807) is 89.2 Å². The molecule has 16 heteroatoms. The fourth-order valence-corrected chi connectivity index (χ4v) is 4.77. The predicted octanol–water partition coefficient (Wildman–Crippen LogP) is 6.24. The van der Waals surface area contributed by atoms with E-state index < -0.39 is 70.9 Å². The van der Waals surface area contributed by atoms with E-state index in [-0.39, 0.29) is 41.6 Å². The number of guanidine groups is 1. The first-order valence-electron chi connectivity index (χ1n) is 17.6. The molecule has 2 aromatic rings. The molecular formula is C39H52N4O12. The highest BCUT2D eigenvalue weighted by Crippen LogP contribution is 2.34. The summed E-state index contributed by atoms with van der Waals surface area (Å²) >= 11 is 0. The minimum absolute atomic E-state index is 0.0488. The Morgan fingerprint density at radius 1 is 0.800 bits per heavy atom. The first-order valence-corrected chi connectivity index (χ1v) is 17.6. The largest absolute Gasteiger partial charge is 0.488 e. The number of benzene rings is 2. The molecule has 3 amide bonds. The summed E-state index contributed by atoms with van der Waals surface area (Å²) in [6.45, 7) is 19.9. The van der Waals surface area contributed by atoms with Crippen molar-refractivity contribution >= 4 is 47.6 Å². The monoisotopic (exact) mass is 768 g/mol. The third kappa shape index (κ3) is 14.9. The Bertz CT molecular complexity index is 1830. The highest BCUT2D eigenvalue weighted by molar-refractivity contribution is 6.06. The van der Waals surface area contributed by atoms with E-state index in [0.29, 0.717) is 11.3 Å². The average Bonchev–Trinajstić information content (AvgIpc) is 3.03. The number of amides is 3. The van der Waals surface area contributed by atoms with Crippen LogP contribution >= 0.6 is 0 Å². The van der Waals surface area contributed by atoms with Crippen molar-refractivity contribution in [1.29, 1.82) is 0 Å². The molecule has 1 aliphatic heterocycles. The molecule has 0 saturated heterocycles. The van der Waals surface area contributed by atoms with Crippen LogP contribution in [0.4, 0.5) is 15.3 Å². The number of fused-ring (bicyclic) bond motifs is 2. The van der Waals surface area contributed by atoms with Crippen molar-refractivity contribution in [2.45, 2.75) is 124 Å². The van der Waals surface area contributed by atoms with Crippen LogP contribution in [-0.4, -0.2) is 77.0 Å². The van der Waals surface area contributed by atoms with E-state index in [2.05, 4.69) is 20.9 Å². The first-order chi connectivity index (χ1) is 25.2. The number of nitrogens with one attached hydrogen (secondary N) is 3. The molecule has 1 unspecified atom stereocenters. The number of nitrogens with zero attached hydrogens (tertiary/aromatic N) is 1. The van der Waals surface area contributed by atoms with E-state index in [1.807, 2.05) is 0 Å². The number of hydrogen-bond donors (Lipinski definition) is 3. The zero-order valence-corrected chi connectivity index (χ0v) is 33.5. The number of carbonyl (C=O) groups is 6. The van der Waals surface area contributed by atoms with Gasteiger partial charge in [0.05, 0.1) is 24.2 Å². The smallest absolute Gasteiger partial charge is 0.437 e. The molecule has 300 valence electrons. The number of alkyl carbamates (subject to hydrolysis) is 1. The molecule has 3 rings (SSSR count). The van der Waals surface area contributed by atoms with Gasteiger partial charge in [0, 0.05) is 12.1 Å². The number of rotatable bonds is 6. The molecule has 0 fully saturated rings. The van der Waals surface area contributed by atoms with Crippen molar-refractivity contribution in [2.24, 2.45) is 4.99 Å². The van der Waals surface area contributed by atoms with Crippen molar-refractivity contribution < 1.29 is 57.2 Å². The third-order valence-corrected chi connectivity index (χ3v) is 6.64. The Labute approximate surface area is 321 Å². The molecule has 0 saturated carbocycles.